The van der Waals surface area contributed by atoms with Gasteiger partial charge in [-0.3, -0.25) is 14.9 Å². The minimum absolute atomic E-state index is 0.0494. The smallest absolute Gasteiger partial charge is 0.293 e. The standard InChI is InChI=1S/C19H21N5O3/c1-2-18-20-10-13-7-8-23(11-15(13)22-18)16-6-3-12(9-17(16)24(26)27)19(25)21-14-4-5-14/h3,6,9-10,14H,2,4-5,7-8,11H2,1H3,(H,21,25). The molecular formula is C19H21N5O3. The van der Waals surface area contributed by atoms with Gasteiger partial charge in [-0.05, 0) is 37.0 Å². The number of nitro groups is 1. The third-order valence-electron chi connectivity index (χ3n) is 5.00. The van der Waals surface area contributed by atoms with E-state index in [4.69, 9.17) is 0 Å². The van der Waals surface area contributed by atoms with E-state index in [1.807, 2.05) is 18.0 Å². The molecule has 1 aliphatic carbocycles. The van der Waals surface area contributed by atoms with Gasteiger partial charge in [0.2, 0.25) is 0 Å². The Kier molecular flexibility index (Phi) is 4.47. The summed E-state index contributed by atoms with van der Waals surface area (Å²) in [6, 6.07) is 4.92. The van der Waals surface area contributed by atoms with Crippen LogP contribution in [-0.4, -0.2) is 33.4 Å². The topological polar surface area (TPSA) is 101 Å². The number of amides is 1. The molecule has 0 saturated heterocycles. The van der Waals surface area contributed by atoms with Gasteiger partial charge in [0, 0.05) is 36.8 Å². The number of carbonyl (C=O) groups excluding carboxylic acids is 1. The molecule has 1 saturated carbocycles. The summed E-state index contributed by atoms with van der Waals surface area (Å²) in [5.74, 6) is 0.522. The average Bonchev–Trinajstić information content (AvgIpc) is 3.50. The number of anilines is 1. The molecule has 0 spiro atoms. The first-order valence-corrected chi connectivity index (χ1v) is 9.23. The first-order valence-electron chi connectivity index (χ1n) is 9.23. The zero-order valence-electron chi connectivity index (χ0n) is 15.1. The summed E-state index contributed by atoms with van der Waals surface area (Å²) in [5, 5.41) is 14.5. The van der Waals surface area contributed by atoms with Crippen LogP contribution >= 0.6 is 0 Å². The summed E-state index contributed by atoms with van der Waals surface area (Å²) in [4.78, 5) is 34.3. The number of benzene rings is 1. The molecule has 140 valence electrons. The average molecular weight is 367 g/mol. The van der Waals surface area contributed by atoms with Gasteiger partial charge in [0.05, 0.1) is 17.2 Å². The van der Waals surface area contributed by atoms with Crippen molar-refractivity contribution >= 4 is 17.3 Å². The highest BCUT2D eigenvalue weighted by atomic mass is 16.6. The third kappa shape index (κ3) is 3.60. The second-order valence-electron chi connectivity index (χ2n) is 6.99. The Morgan fingerprint density at radius 1 is 1.41 bits per heavy atom. The van der Waals surface area contributed by atoms with Gasteiger partial charge in [0.1, 0.15) is 11.5 Å². The number of aryl methyl sites for hydroxylation is 1. The van der Waals surface area contributed by atoms with Crippen molar-refractivity contribution in [2.24, 2.45) is 0 Å². The van der Waals surface area contributed by atoms with Crippen molar-refractivity contribution in [1.82, 2.24) is 15.3 Å². The van der Waals surface area contributed by atoms with E-state index in [2.05, 4.69) is 15.3 Å². The van der Waals surface area contributed by atoms with Gasteiger partial charge in [0.25, 0.3) is 11.6 Å². The first kappa shape index (κ1) is 17.4. The number of hydrogen-bond donors (Lipinski definition) is 1. The maximum absolute atomic E-state index is 12.2. The Hall–Kier alpha value is -3.03. The summed E-state index contributed by atoms with van der Waals surface area (Å²) in [7, 11) is 0. The molecule has 1 aromatic heterocycles. The van der Waals surface area contributed by atoms with Gasteiger partial charge in [-0.1, -0.05) is 6.92 Å². The van der Waals surface area contributed by atoms with E-state index in [0.29, 0.717) is 24.3 Å². The Bertz CT molecular complexity index is 910. The Balaban J connectivity index is 1.62. The van der Waals surface area contributed by atoms with Crippen molar-refractivity contribution < 1.29 is 9.72 Å². The molecular weight excluding hydrogens is 346 g/mol. The molecule has 1 amide bonds. The molecule has 2 aliphatic rings. The number of nitrogens with one attached hydrogen (secondary N) is 1. The Morgan fingerprint density at radius 2 is 2.22 bits per heavy atom. The normalized spacial score (nSPS) is 16.0. The lowest BCUT2D eigenvalue weighted by Crippen LogP contribution is -2.32. The summed E-state index contributed by atoms with van der Waals surface area (Å²) in [6.07, 6.45) is 5.29. The molecule has 2 heterocycles. The van der Waals surface area contributed by atoms with E-state index in [0.717, 1.165) is 42.8 Å². The van der Waals surface area contributed by atoms with Gasteiger partial charge in [-0.15, -0.1) is 0 Å². The molecule has 1 N–H and O–H groups in total. The molecule has 0 unspecified atom stereocenters. The predicted molar refractivity (Wildman–Crippen MR) is 99.7 cm³/mol. The molecule has 8 heteroatoms. The molecule has 0 radical (unpaired) electrons. The maximum Gasteiger partial charge on any atom is 0.293 e. The van der Waals surface area contributed by atoms with Gasteiger partial charge < -0.3 is 10.2 Å². The largest absolute Gasteiger partial charge is 0.360 e. The molecule has 0 atom stereocenters. The van der Waals surface area contributed by atoms with Gasteiger partial charge in [0.15, 0.2) is 0 Å². The quantitative estimate of drug-likeness (QED) is 0.643. The van der Waals surface area contributed by atoms with Crippen molar-refractivity contribution in [2.45, 2.75) is 45.2 Å². The SMILES string of the molecule is CCc1ncc2c(n1)CN(c1ccc(C(=O)NC3CC3)cc1[N+](=O)[O-])CC2. The highest BCUT2D eigenvalue weighted by Crippen LogP contribution is 2.33. The minimum atomic E-state index is -0.420. The van der Waals surface area contributed by atoms with Crippen LogP contribution in [0.5, 0.6) is 0 Å². The number of fused-ring (bicyclic) bond motifs is 1. The lowest BCUT2D eigenvalue weighted by Gasteiger charge is -2.29. The van der Waals surface area contributed by atoms with Crippen LogP contribution in [0.2, 0.25) is 0 Å². The molecule has 1 aromatic carbocycles. The van der Waals surface area contributed by atoms with Crippen LogP contribution in [0.25, 0.3) is 0 Å². The zero-order chi connectivity index (χ0) is 19.0. The van der Waals surface area contributed by atoms with E-state index in [1.54, 1.807) is 12.1 Å². The van der Waals surface area contributed by atoms with Crippen molar-refractivity contribution in [2.75, 3.05) is 11.4 Å². The number of nitrogens with zero attached hydrogens (tertiary/aromatic N) is 4. The second-order valence-corrected chi connectivity index (χ2v) is 6.99. The fourth-order valence-corrected chi connectivity index (χ4v) is 3.30. The second kappa shape index (κ2) is 6.94. The number of rotatable bonds is 5. The highest BCUT2D eigenvalue weighted by Gasteiger charge is 2.28. The van der Waals surface area contributed by atoms with E-state index in [9.17, 15) is 14.9 Å². The van der Waals surface area contributed by atoms with Crippen LogP contribution in [0.15, 0.2) is 24.4 Å². The van der Waals surface area contributed by atoms with Crippen LogP contribution < -0.4 is 10.2 Å². The summed E-state index contributed by atoms with van der Waals surface area (Å²) < 4.78 is 0. The Labute approximate surface area is 156 Å². The molecule has 4 rings (SSSR count). The van der Waals surface area contributed by atoms with Crippen LogP contribution in [0.3, 0.4) is 0 Å². The summed E-state index contributed by atoms with van der Waals surface area (Å²) in [5.41, 5.74) is 2.80. The van der Waals surface area contributed by atoms with Gasteiger partial charge >= 0.3 is 0 Å². The molecule has 0 bridgehead atoms. The molecule has 1 fully saturated rings. The van der Waals surface area contributed by atoms with Crippen molar-refractivity contribution in [3.05, 3.63) is 57.2 Å². The van der Waals surface area contributed by atoms with Crippen LogP contribution in [0.4, 0.5) is 11.4 Å². The van der Waals surface area contributed by atoms with E-state index in [-0.39, 0.29) is 17.6 Å². The van der Waals surface area contributed by atoms with Crippen molar-refractivity contribution in [1.29, 1.82) is 0 Å². The van der Waals surface area contributed by atoms with Crippen LogP contribution in [0, 0.1) is 10.1 Å². The number of hydrogen-bond acceptors (Lipinski definition) is 6. The summed E-state index contributed by atoms with van der Waals surface area (Å²) in [6.45, 7) is 3.15. The molecule has 8 nitrogen and oxygen atoms in total. The number of aromatic nitrogens is 2. The molecule has 2 aromatic rings. The Morgan fingerprint density at radius 3 is 2.93 bits per heavy atom. The van der Waals surface area contributed by atoms with Crippen molar-refractivity contribution in [3.8, 4) is 0 Å². The maximum atomic E-state index is 12.2. The van der Waals surface area contributed by atoms with E-state index >= 15 is 0 Å². The van der Waals surface area contributed by atoms with Crippen molar-refractivity contribution in [3.63, 3.8) is 0 Å². The summed E-state index contributed by atoms with van der Waals surface area (Å²) >= 11 is 0. The molecule has 27 heavy (non-hydrogen) atoms. The van der Waals surface area contributed by atoms with E-state index in [1.165, 1.54) is 6.07 Å². The van der Waals surface area contributed by atoms with Crippen LogP contribution in [-0.2, 0) is 19.4 Å². The van der Waals surface area contributed by atoms with Gasteiger partial charge in [-0.25, -0.2) is 9.97 Å². The number of carbonyl (C=O) groups is 1. The number of nitro benzene ring substituents is 1. The van der Waals surface area contributed by atoms with Gasteiger partial charge in [-0.2, -0.15) is 0 Å². The van der Waals surface area contributed by atoms with Crippen LogP contribution in [0.1, 0.15) is 47.2 Å². The zero-order valence-corrected chi connectivity index (χ0v) is 15.1. The third-order valence-corrected chi connectivity index (χ3v) is 5.00. The highest BCUT2D eigenvalue weighted by molar-refractivity contribution is 5.96. The minimum Gasteiger partial charge on any atom is -0.360 e. The lowest BCUT2D eigenvalue weighted by molar-refractivity contribution is -0.384. The predicted octanol–water partition coefficient (Wildman–Crippen LogP) is 2.40. The molecule has 1 aliphatic heterocycles. The van der Waals surface area contributed by atoms with E-state index < -0.39 is 4.92 Å². The monoisotopic (exact) mass is 367 g/mol. The lowest BCUT2D eigenvalue weighted by atomic mass is 10.0. The first-order chi connectivity index (χ1) is 13.0. The fraction of sp³-hybridized carbons (Fsp3) is 0.421. The fourth-order valence-electron chi connectivity index (χ4n) is 3.30.